The first kappa shape index (κ1) is 14.1. The summed E-state index contributed by atoms with van der Waals surface area (Å²) in [7, 11) is 1.44. The summed E-state index contributed by atoms with van der Waals surface area (Å²) < 4.78 is 18.6. The van der Waals surface area contributed by atoms with Crippen molar-refractivity contribution < 1.29 is 19.0 Å². The van der Waals surface area contributed by atoms with Crippen LogP contribution in [0.1, 0.15) is 10.4 Å². The topological polar surface area (TPSA) is 58.6 Å². The van der Waals surface area contributed by atoms with E-state index in [0.29, 0.717) is 5.75 Å². The van der Waals surface area contributed by atoms with Crippen LogP contribution < -0.4 is 10.1 Å². The first-order chi connectivity index (χ1) is 9.52. The number of aromatic hydroxyl groups is 1. The molecule has 0 aliphatic heterocycles. The third kappa shape index (κ3) is 2.83. The monoisotopic (exact) mass is 295 g/mol. The van der Waals surface area contributed by atoms with Crippen molar-refractivity contribution in [1.82, 2.24) is 0 Å². The second kappa shape index (κ2) is 5.79. The van der Waals surface area contributed by atoms with E-state index in [4.69, 9.17) is 16.3 Å². The van der Waals surface area contributed by atoms with Gasteiger partial charge in [0.25, 0.3) is 5.91 Å². The number of carbonyl (C=O) groups is 1. The number of nitrogens with one attached hydrogen (secondary N) is 1. The molecular weight excluding hydrogens is 285 g/mol. The standard InChI is InChI=1S/C14H11ClFNO3/c1-20-8-5-6-9(12(18)7-8)14(19)17-11-4-2-3-10(15)13(11)16/h2-7,18H,1H3,(H,17,19). The quantitative estimate of drug-likeness (QED) is 0.912. The van der Waals surface area contributed by atoms with Crippen molar-refractivity contribution in [2.75, 3.05) is 12.4 Å². The van der Waals surface area contributed by atoms with E-state index in [1.807, 2.05) is 0 Å². The smallest absolute Gasteiger partial charge is 0.259 e. The van der Waals surface area contributed by atoms with E-state index in [-0.39, 0.29) is 22.0 Å². The highest BCUT2D eigenvalue weighted by Crippen LogP contribution is 2.26. The summed E-state index contributed by atoms with van der Waals surface area (Å²) in [6, 6.07) is 8.45. The Morgan fingerprint density at radius 2 is 2.10 bits per heavy atom. The molecule has 0 heterocycles. The van der Waals surface area contributed by atoms with Crippen LogP contribution in [0.5, 0.6) is 11.5 Å². The molecule has 0 fully saturated rings. The molecule has 0 unspecified atom stereocenters. The van der Waals surface area contributed by atoms with Crippen LogP contribution in [0, 0.1) is 5.82 Å². The van der Waals surface area contributed by atoms with E-state index in [9.17, 15) is 14.3 Å². The summed E-state index contributed by atoms with van der Waals surface area (Å²) in [6.45, 7) is 0. The van der Waals surface area contributed by atoms with E-state index in [1.54, 1.807) is 0 Å². The van der Waals surface area contributed by atoms with Gasteiger partial charge in [0.05, 0.1) is 23.4 Å². The van der Waals surface area contributed by atoms with Gasteiger partial charge in [0.15, 0.2) is 5.82 Å². The van der Waals surface area contributed by atoms with Gasteiger partial charge in [-0.3, -0.25) is 4.79 Å². The normalized spacial score (nSPS) is 10.2. The van der Waals surface area contributed by atoms with E-state index in [0.717, 1.165) is 0 Å². The van der Waals surface area contributed by atoms with E-state index >= 15 is 0 Å². The minimum absolute atomic E-state index is 0.00479. The fourth-order valence-corrected chi connectivity index (χ4v) is 1.79. The fourth-order valence-electron chi connectivity index (χ4n) is 1.62. The van der Waals surface area contributed by atoms with Gasteiger partial charge < -0.3 is 15.2 Å². The summed E-state index contributed by atoms with van der Waals surface area (Å²) in [5, 5.41) is 12.0. The van der Waals surface area contributed by atoms with Gasteiger partial charge in [0.1, 0.15) is 11.5 Å². The number of ether oxygens (including phenoxy) is 1. The zero-order valence-electron chi connectivity index (χ0n) is 10.5. The summed E-state index contributed by atoms with van der Waals surface area (Å²) in [5.41, 5.74) is -0.0529. The van der Waals surface area contributed by atoms with Crippen molar-refractivity contribution in [2.45, 2.75) is 0 Å². The molecule has 0 atom stereocenters. The van der Waals surface area contributed by atoms with Crippen LogP contribution in [-0.2, 0) is 0 Å². The largest absolute Gasteiger partial charge is 0.507 e. The van der Waals surface area contributed by atoms with Gasteiger partial charge in [0, 0.05) is 6.07 Å². The number of halogens is 2. The molecule has 1 amide bonds. The second-order valence-corrected chi connectivity index (χ2v) is 4.35. The lowest BCUT2D eigenvalue weighted by atomic mass is 10.1. The number of phenols is 1. The number of amides is 1. The Morgan fingerprint density at radius 3 is 2.75 bits per heavy atom. The van der Waals surface area contributed by atoms with Gasteiger partial charge in [-0.2, -0.15) is 0 Å². The maximum Gasteiger partial charge on any atom is 0.259 e. The van der Waals surface area contributed by atoms with Gasteiger partial charge in [-0.05, 0) is 24.3 Å². The molecule has 0 saturated carbocycles. The minimum Gasteiger partial charge on any atom is -0.507 e. The number of hydrogen-bond acceptors (Lipinski definition) is 3. The molecule has 2 aromatic rings. The molecule has 4 nitrogen and oxygen atoms in total. The predicted molar refractivity (Wildman–Crippen MR) is 74.0 cm³/mol. The van der Waals surface area contributed by atoms with Crippen molar-refractivity contribution in [3.05, 3.63) is 52.8 Å². The van der Waals surface area contributed by atoms with Crippen molar-refractivity contribution in [2.24, 2.45) is 0 Å². The Balaban J connectivity index is 2.26. The first-order valence-electron chi connectivity index (χ1n) is 5.65. The Labute approximate surface area is 119 Å². The number of hydrogen-bond donors (Lipinski definition) is 2. The van der Waals surface area contributed by atoms with E-state index in [2.05, 4.69) is 5.32 Å². The fraction of sp³-hybridized carbons (Fsp3) is 0.0714. The predicted octanol–water partition coefficient (Wildman–Crippen LogP) is 3.45. The second-order valence-electron chi connectivity index (χ2n) is 3.94. The van der Waals surface area contributed by atoms with Crippen LogP contribution in [0.25, 0.3) is 0 Å². The lowest BCUT2D eigenvalue weighted by Crippen LogP contribution is -2.13. The van der Waals surface area contributed by atoms with Gasteiger partial charge in [-0.1, -0.05) is 17.7 Å². The molecule has 0 aromatic heterocycles. The molecule has 0 saturated heterocycles. The summed E-state index contributed by atoms with van der Waals surface area (Å²) >= 11 is 5.62. The maximum absolute atomic E-state index is 13.7. The van der Waals surface area contributed by atoms with Crippen LogP contribution in [-0.4, -0.2) is 18.1 Å². The SMILES string of the molecule is COc1ccc(C(=O)Nc2cccc(Cl)c2F)c(O)c1. The molecule has 0 radical (unpaired) electrons. The molecule has 20 heavy (non-hydrogen) atoms. The highest BCUT2D eigenvalue weighted by molar-refractivity contribution is 6.31. The maximum atomic E-state index is 13.7. The van der Waals surface area contributed by atoms with E-state index < -0.39 is 11.7 Å². The van der Waals surface area contributed by atoms with Crippen LogP contribution in [0.2, 0.25) is 5.02 Å². The molecule has 0 bridgehead atoms. The van der Waals surface area contributed by atoms with Gasteiger partial charge in [-0.25, -0.2) is 4.39 Å². The number of phenolic OH excluding ortho intramolecular Hbond substituents is 1. The Bertz CT molecular complexity index is 661. The first-order valence-corrected chi connectivity index (χ1v) is 6.03. The van der Waals surface area contributed by atoms with Crippen LogP contribution in [0.15, 0.2) is 36.4 Å². The average Bonchev–Trinajstić information content (AvgIpc) is 2.43. The number of methoxy groups -OCH3 is 1. The number of rotatable bonds is 3. The Morgan fingerprint density at radius 1 is 1.35 bits per heavy atom. The highest BCUT2D eigenvalue weighted by atomic mass is 35.5. The lowest BCUT2D eigenvalue weighted by Gasteiger charge is -2.09. The van der Waals surface area contributed by atoms with Crippen LogP contribution in [0.4, 0.5) is 10.1 Å². The molecule has 2 rings (SSSR count). The van der Waals surface area contributed by atoms with Crippen LogP contribution >= 0.6 is 11.6 Å². The minimum atomic E-state index is -0.726. The van der Waals surface area contributed by atoms with Crippen molar-refractivity contribution in [1.29, 1.82) is 0 Å². The lowest BCUT2D eigenvalue weighted by molar-refractivity contribution is 0.102. The summed E-state index contributed by atoms with van der Waals surface area (Å²) in [6.07, 6.45) is 0. The number of benzene rings is 2. The van der Waals surface area contributed by atoms with Crippen molar-refractivity contribution >= 4 is 23.2 Å². The Kier molecular flexibility index (Phi) is 4.10. The van der Waals surface area contributed by atoms with Gasteiger partial charge in [0.2, 0.25) is 0 Å². The third-order valence-corrected chi connectivity index (χ3v) is 2.94. The van der Waals surface area contributed by atoms with Crippen LogP contribution in [0.3, 0.4) is 0 Å². The van der Waals surface area contributed by atoms with Gasteiger partial charge >= 0.3 is 0 Å². The Hall–Kier alpha value is -2.27. The number of carbonyl (C=O) groups excluding carboxylic acids is 1. The molecule has 2 N–H and O–H groups in total. The average molecular weight is 296 g/mol. The molecule has 104 valence electrons. The molecular formula is C14H11ClFNO3. The summed E-state index contributed by atoms with van der Waals surface area (Å²) in [5.74, 6) is -1.22. The molecule has 2 aromatic carbocycles. The van der Waals surface area contributed by atoms with Crippen molar-refractivity contribution in [3.8, 4) is 11.5 Å². The van der Waals surface area contributed by atoms with Gasteiger partial charge in [-0.15, -0.1) is 0 Å². The molecule has 0 spiro atoms. The number of anilines is 1. The molecule has 0 aliphatic carbocycles. The highest BCUT2D eigenvalue weighted by Gasteiger charge is 2.15. The van der Waals surface area contributed by atoms with E-state index in [1.165, 1.54) is 43.5 Å². The van der Waals surface area contributed by atoms with Crippen molar-refractivity contribution in [3.63, 3.8) is 0 Å². The molecule has 0 aliphatic rings. The molecule has 6 heteroatoms. The summed E-state index contributed by atoms with van der Waals surface area (Å²) in [4.78, 5) is 12.0. The zero-order valence-corrected chi connectivity index (χ0v) is 11.2. The zero-order chi connectivity index (χ0) is 14.7. The third-order valence-electron chi connectivity index (χ3n) is 2.65.